The van der Waals surface area contributed by atoms with E-state index in [1.54, 1.807) is 0 Å². The highest BCUT2D eigenvalue weighted by molar-refractivity contribution is 5.99. The van der Waals surface area contributed by atoms with Crippen molar-refractivity contribution < 1.29 is 4.57 Å². The highest BCUT2D eigenvalue weighted by Crippen LogP contribution is 2.36. The van der Waals surface area contributed by atoms with Gasteiger partial charge in [-0.15, -0.1) is 0 Å². The topological polar surface area (TPSA) is 29.7 Å². The minimum atomic E-state index is 0.758. The SMILES string of the molecule is Cc1cc(C)c(C)c(-c2c(-c3ncccn3)c3ccccc3c[n+]2C)c1. The van der Waals surface area contributed by atoms with Crippen molar-refractivity contribution in [2.45, 2.75) is 20.8 Å². The van der Waals surface area contributed by atoms with Crippen LogP contribution in [0.5, 0.6) is 0 Å². The molecule has 2 aromatic carbocycles. The number of fused-ring (bicyclic) bond motifs is 1. The van der Waals surface area contributed by atoms with Crippen LogP contribution in [0.4, 0.5) is 0 Å². The smallest absolute Gasteiger partial charge is 0.224 e. The molecule has 3 nitrogen and oxygen atoms in total. The van der Waals surface area contributed by atoms with E-state index in [9.17, 15) is 0 Å². The van der Waals surface area contributed by atoms with Gasteiger partial charge in [0.25, 0.3) is 0 Å². The average molecular weight is 340 g/mol. The highest BCUT2D eigenvalue weighted by Gasteiger charge is 2.25. The second-order valence-corrected chi connectivity index (χ2v) is 6.88. The molecule has 0 unspecified atom stereocenters. The molecule has 0 saturated carbocycles. The van der Waals surface area contributed by atoms with Crippen molar-refractivity contribution in [3.63, 3.8) is 0 Å². The number of benzene rings is 2. The van der Waals surface area contributed by atoms with Crippen LogP contribution in [0, 0.1) is 20.8 Å². The zero-order chi connectivity index (χ0) is 18.3. The largest absolute Gasteiger partial charge is 0.236 e. The minimum Gasteiger partial charge on any atom is -0.236 e. The summed E-state index contributed by atoms with van der Waals surface area (Å²) in [7, 11) is 2.10. The summed E-state index contributed by atoms with van der Waals surface area (Å²) >= 11 is 0. The van der Waals surface area contributed by atoms with Crippen LogP contribution in [0.3, 0.4) is 0 Å². The van der Waals surface area contributed by atoms with Crippen molar-refractivity contribution in [1.29, 1.82) is 0 Å². The lowest BCUT2D eigenvalue weighted by Crippen LogP contribution is -2.32. The molecule has 0 N–H and O–H groups in total. The molecule has 0 aliphatic carbocycles. The van der Waals surface area contributed by atoms with Gasteiger partial charge in [-0.05, 0) is 50.1 Å². The molecule has 4 rings (SSSR count). The molecule has 0 aliphatic rings. The maximum Gasteiger partial charge on any atom is 0.224 e. The van der Waals surface area contributed by atoms with Crippen LogP contribution in [0.15, 0.2) is 61.1 Å². The third kappa shape index (κ3) is 2.66. The maximum absolute atomic E-state index is 4.58. The fourth-order valence-electron chi connectivity index (χ4n) is 3.68. The molecule has 128 valence electrons. The normalized spacial score (nSPS) is 11.1. The Hall–Kier alpha value is -3.07. The second kappa shape index (κ2) is 6.34. The first-order valence-corrected chi connectivity index (χ1v) is 8.83. The first-order chi connectivity index (χ1) is 12.6. The molecule has 0 bridgehead atoms. The van der Waals surface area contributed by atoms with Crippen molar-refractivity contribution in [3.8, 4) is 22.6 Å². The summed E-state index contributed by atoms with van der Waals surface area (Å²) in [5.74, 6) is 0.758. The number of aromatic nitrogens is 3. The first-order valence-electron chi connectivity index (χ1n) is 8.83. The molecule has 2 heterocycles. The number of rotatable bonds is 2. The minimum absolute atomic E-state index is 0.758. The van der Waals surface area contributed by atoms with Crippen LogP contribution >= 0.6 is 0 Å². The van der Waals surface area contributed by atoms with Crippen LogP contribution in [-0.2, 0) is 7.05 Å². The first kappa shape index (κ1) is 16.4. The maximum atomic E-state index is 4.58. The number of nitrogens with zero attached hydrogens (tertiary/aromatic N) is 3. The molecule has 0 amide bonds. The van der Waals surface area contributed by atoms with Crippen molar-refractivity contribution in [1.82, 2.24) is 9.97 Å². The highest BCUT2D eigenvalue weighted by atomic mass is 14.9. The zero-order valence-electron chi connectivity index (χ0n) is 15.6. The van der Waals surface area contributed by atoms with Crippen molar-refractivity contribution in [2.24, 2.45) is 7.05 Å². The molecule has 2 aromatic heterocycles. The number of hydrogen-bond acceptors (Lipinski definition) is 2. The lowest BCUT2D eigenvalue weighted by atomic mass is 9.92. The van der Waals surface area contributed by atoms with Crippen LogP contribution < -0.4 is 4.57 Å². The van der Waals surface area contributed by atoms with Crippen molar-refractivity contribution in [2.75, 3.05) is 0 Å². The summed E-state index contributed by atoms with van der Waals surface area (Å²) in [4.78, 5) is 9.15. The third-order valence-electron chi connectivity index (χ3n) is 5.01. The van der Waals surface area contributed by atoms with Crippen LogP contribution in [0.1, 0.15) is 16.7 Å². The standard InChI is InChI=1S/C23H22N3/c1-15-12-16(2)17(3)20(13-15)22-21(23-24-10-7-11-25-23)19-9-6-5-8-18(19)14-26(22)4/h5-14H,1-4H3/q+1. The molecule has 0 radical (unpaired) electrons. The van der Waals surface area contributed by atoms with Crippen LogP contribution in [0.25, 0.3) is 33.4 Å². The van der Waals surface area contributed by atoms with Gasteiger partial charge in [0.1, 0.15) is 7.05 Å². The average Bonchev–Trinajstić information content (AvgIpc) is 2.64. The number of pyridine rings is 1. The lowest BCUT2D eigenvalue weighted by Gasteiger charge is -2.14. The van der Waals surface area contributed by atoms with E-state index in [2.05, 4.69) is 84.9 Å². The summed E-state index contributed by atoms with van der Waals surface area (Å²) in [5, 5.41) is 2.36. The molecule has 0 spiro atoms. The van der Waals surface area contributed by atoms with E-state index in [-0.39, 0.29) is 0 Å². The second-order valence-electron chi connectivity index (χ2n) is 6.88. The fraction of sp³-hybridized carbons (Fsp3) is 0.174. The van der Waals surface area contributed by atoms with Gasteiger partial charge in [-0.2, -0.15) is 4.57 Å². The van der Waals surface area contributed by atoms with E-state index >= 15 is 0 Å². The van der Waals surface area contributed by atoms with E-state index in [1.165, 1.54) is 33.0 Å². The van der Waals surface area contributed by atoms with Crippen molar-refractivity contribution >= 4 is 10.8 Å². The zero-order valence-corrected chi connectivity index (χ0v) is 15.6. The van der Waals surface area contributed by atoms with Crippen LogP contribution in [0.2, 0.25) is 0 Å². The third-order valence-corrected chi connectivity index (χ3v) is 5.01. The fourth-order valence-corrected chi connectivity index (χ4v) is 3.68. The monoisotopic (exact) mass is 340 g/mol. The van der Waals surface area contributed by atoms with Crippen molar-refractivity contribution in [3.05, 3.63) is 77.7 Å². The Bertz CT molecular complexity index is 1120. The summed E-state index contributed by atoms with van der Waals surface area (Å²) < 4.78 is 2.20. The van der Waals surface area contributed by atoms with Gasteiger partial charge in [0.2, 0.25) is 5.69 Å². The lowest BCUT2D eigenvalue weighted by molar-refractivity contribution is -0.658. The molecular weight excluding hydrogens is 318 g/mol. The summed E-state index contributed by atoms with van der Waals surface area (Å²) in [6, 6.07) is 14.8. The van der Waals surface area contributed by atoms with Gasteiger partial charge in [0.05, 0.1) is 11.1 Å². The molecule has 3 heteroatoms. The van der Waals surface area contributed by atoms with Gasteiger partial charge in [-0.1, -0.05) is 29.8 Å². The van der Waals surface area contributed by atoms with E-state index in [0.29, 0.717) is 0 Å². The quantitative estimate of drug-likeness (QED) is 0.495. The summed E-state index contributed by atoms with van der Waals surface area (Å²) in [5.41, 5.74) is 7.32. The Balaban J connectivity index is 2.19. The molecule has 0 saturated heterocycles. The van der Waals surface area contributed by atoms with Gasteiger partial charge in [-0.3, -0.25) is 0 Å². The predicted molar refractivity (Wildman–Crippen MR) is 106 cm³/mol. The molecular formula is C23H22N3+. The number of aryl methyl sites for hydroxylation is 3. The van der Waals surface area contributed by atoms with Gasteiger partial charge >= 0.3 is 0 Å². The predicted octanol–water partition coefficient (Wildman–Crippen LogP) is 4.71. The van der Waals surface area contributed by atoms with Gasteiger partial charge < -0.3 is 0 Å². The molecule has 0 atom stereocenters. The van der Waals surface area contributed by atoms with Gasteiger partial charge in [0.15, 0.2) is 12.0 Å². The van der Waals surface area contributed by atoms with Gasteiger partial charge in [0, 0.05) is 23.2 Å². The van der Waals surface area contributed by atoms with E-state index in [0.717, 1.165) is 17.1 Å². The van der Waals surface area contributed by atoms with E-state index in [1.807, 2.05) is 18.5 Å². The number of hydrogen-bond donors (Lipinski definition) is 0. The molecule has 0 aliphatic heterocycles. The summed E-state index contributed by atoms with van der Waals surface area (Å²) in [6.45, 7) is 6.51. The Morgan fingerprint density at radius 3 is 2.38 bits per heavy atom. The van der Waals surface area contributed by atoms with E-state index in [4.69, 9.17) is 0 Å². The summed E-state index contributed by atoms with van der Waals surface area (Å²) in [6.07, 6.45) is 5.80. The molecule has 0 fully saturated rings. The molecule has 4 aromatic rings. The van der Waals surface area contributed by atoms with E-state index < -0.39 is 0 Å². The Morgan fingerprint density at radius 1 is 0.885 bits per heavy atom. The Labute approximate surface area is 154 Å². The van der Waals surface area contributed by atoms with Gasteiger partial charge in [-0.25, -0.2) is 9.97 Å². The van der Waals surface area contributed by atoms with Crippen LogP contribution in [-0.4, -0.2) is 9.97 Å². The Morgan fingerprint density at radius 2 is 1.62 bits per heavy atom. The Kier molecular flexibility index (Phi) is 4.00. The molecule has 26 heavy (non-hydrogen) atoms.